The van der Waals surface area contributed by atoms with Crippen LogP contribution in [0.15, 0.2) is 24.3 Å². The molecule has 0 spiro atoms. The standard InChI is InChI=1S/C20H19ClF3N3O3S/c1-4-12-11(3)31-17(14(12)10-25)27-19(20(22,23)24,18(29)30-5-2)26-16(28)13-8-6-7-9-15(13)21/h6-9,27H,4-5H2,1-3H3,(H,26,28)/t19-/m0/s1. The summed E-state index contributed by atoms with van der Waals surface area (Å²) in [4.78, 5) is 25.9. The van der Waals surface area contributed by atoms with Crippen molar-refractivity contribution in [3.05, 3.63) is 50.9 Å². The van der Waals surface area contributed by atoms with Gasteiger partial charge >= 0.3 is 17.8 Å². The number of esters is 1. The van der Waals surface area contributed by atoms with Crippen LogP contribution in [-0.2, 0) is 16.0 Å². The number of anilines is 1. The van der Waals surface area contributed by atoms with Crippen molar-refractivity contribution in [3.8, 4) is 6.07 Å². The molecule has 2 aromatic rings. The summed E-state index contributed by atoms with van der Waals surface area (Å²) in [6.07, 6.45) is -4.93. The SMILES string of the molecule is CCOC(=O)[C@](NC(=O)c1ccccc1Cl)(Nc1sc(C)c(CC)c1C#N)C(F)(F)F. The molecular weight excluding hydrogens is 455 g/mol. The van der Waals surface area contributed by atoms with Gasteiger partial charge in [-0.25, -0.2) is 4.79 Å². The molecule has 6 nitrogen and oxygen atoms in total. The Morgan fingerprint density at radius 1 is 1.26 bits per heavy atom. The maximum Gasteiger partial charge on any atom is 0.441 e. The number of halogens is 4. The summed E-state index contributed by atoms with van der Waals surface area (Å²) < 4.78 is 47.7. The van der Waals surface area contributed by atoms with E-state index < -0.39 is 23.7 Å². The fraction of sp³-hybridized carbons (Fsp3) is 0.350. The Kier molecular flexibility index (Phi) is 7.57. The minimum absolute atomic E-state index is 0.0325. The van der Waals surface area contributed by atoms with E-state index in [1.165, 1.54) is 31.2 Å². The van der Waals surface area contributed by atoms with E-state index in [1.54, 1.807) is 19.2 Å². The van der Waals surface area contributed by atoms with Gasteiger partial charge in [0.15, 0.2) is 0 Å². The molecule has 31 heavy (non-hydrogen) atoms. The lowest BCUT2D eigenvalue weighted by Crippen LogP contribution is -2.69. The third-order valence-corrected chi connectivity index (χ3v) is 5.79. The van der Waals surface area contributed by atoms with E-state index in [0.717, 1.165) is 11.3 Å². The molecule has 1 heterocycles. The molecule has 0 unspecified atom stereocenters. The van der Waals surface area contributed by atoms with Crippen molar-refractivity contribution in [2.75, 3.05) is 11.9 Å². The average Bonchev–Trinajstić information content (AvgIpc) is 3.00. The Labute approximate surface area is 186 Å². The number of hydrogen-bond donors (Lipinski definition) is 2. The molecule has 0 saturated heterocycles. The number of thiophene rings is 1. The molecule has 2 N–H and O–H groups in total. The van der Waals surface area contributed by atoms with E-state index in [0.29, 0.717) is 16.9 Å². The number of rotatable bonds is 7. The van der Waals surface area contributed by atoms with Crippen molar-refractivity contribution in [1.82, 2.24) is 5.32 Å². The van der Waals surface area contributed by atoms with Crippen molar-refractivity contribution in [2.45, 2.75) is 39.0 Å². The number of nitrogens with one attached hydrogen (secondary N) is 2. The van der Waals surface area contributed by atoms with Gasteiger partial charge in [0.05, 0.1) is 22.8 Å². The predicted octanol–water partition coefficient (Wildman–Crippen LogP) is 4.81. The lowest BCUT2D eigenvalue weighted by Gasteiger charge is -2.35. The van der Waals surface area contributed by atoms with Crippen LogP contribution < -0.4 is 10.6 Å². The smallest absolute Gasteiger partial charge is 0.441 e. The lowest BCUT2D eigenvalue weighted by atomic mass is 10.1. The molecule has 0 aliphatic heterocycles. The number of carbonyl (C=O) groups excluding carboxylic acids is 2. The zero-order valence-corrected chi connectivity index (χ0v) is 18.4. The lowest BCUT2D eigenvalue weighted by molar-refractivity contribution is -0.204. The number of amides is 1. The molecule has 166 valence electrons. The molecule has 0 saturated carbocycles. The van der Waals surface area contributed by atoms with E-state index in [2.05, 4.69) is 10.1 Å². The number of benzene rings is 1. The van der Waals surface area contributed by atoms with Crippen molar-refractivity contribution < 1.29 is 27.5 Å². The normalized spacial score (nSPS) is 13.1. The minimum Gasteiger partial charge on any atom is -0.463 e. The van der Waals surface area contributed by atoms with Gasteiger partial charge in [0.2, 0.25) is 0 Å². The number of alkyl halides is 3. The number of carbonyl (C=O) groups is 2. The predicted molar refractivity (Wildman–Crippen MR) is 111 cm³/mol. The van der Waals surface area contributed by atoms with Crippen LogP contribution in [0.2, 0.25) is 5.02 Å². The summed E-state index contributed by atoms with van der Waals surface area (Å²) in [5.41, 5.74) is -3.39. The first-order valence-electron chi connectivity index (χ1n) is 9.13. The summed E-state index contributed by atoms with van der Waals surface area (Å²) >= 11 is 6.81. The molecule has 0 bridgehead atoms. The Morgan fingerprint density at radius 3 is 2.42 bits per heavy atom. The second kappa shape index (κ2) is 9.58. The Bertz CT molecular complexity index is 1030. The first-order valence-corrected chi connectivity index (χ1v) is 10.3. The van der Waals surface area contributed by atoms with Crippen molar-refractivity contribution in [3.63, 3.8) is 0 Å². The van der Waals surface area contributed by atoms with E-state index in [-0.39, 0.29) is 27.8 Å². The fourth-order valence-corrected chi connectivity index (χ4v) is 4.27. The summed E-state index contributed by atoms with van der Waals surface area (Å²) in [5, 5.41) is 13.0. The third kappa shape index (κ3) is 4.78. The molecule has 1 aromatic heterocycles. The molecule has 0 aliphatic carbocycles. The summed E-state index contributed by atoms with van der Waals surface area (Å²) in [6, 6.07) is 7.33. The van der Waals surface area contributed by atoms with Gasteiger partial charge in [-0.3, -0.25) is 4.79 Å². The molecular formula is C20H19ClF3N3O3S. The molecule has 0 fully saturated rings. The van der Waals surface area contributed by atoms with Gasteiger partial charge in [-0.15, -0.1) is 11.3 Å². The summed E-state index contributed by atoms with van der Waals surface area (Å²) in [7, 11) is 0. The Balaban J connectivity index is 2.65. The van der Waals surface area contributed by atoms with Gasteiger partial charge in [0.25, 0.3) is 5.91 Å². The van der Waals surface area contributed by atoms with Gasteiger partial charge in [-0.05, 0) is 38.0 Å². The van der Waals surface area contributed by atoms with Crippen molar-refractivity contribution in [1.29, 1.82) is 5.26 Å². The molecule has 1 atom stereocenters. The fourth-order valence-electron chi connectivity index (χ4n) is 2.89. The topological polar surface area (TPSA) is 91.2 Å². The third-order valence-electron chi connectivity index (χ3n) is 4.40. The monoisotopic (exact) mass is 473 g/mol. The molecule has 0 aliphatic rings. The second-order valence-corrected chi connectivity index (χ2v) is 7.97. The first kappa shape index (κ1) is 24.5. The van der Waals surface area contributed by atoms with Crippen LogP contribution in [0.5, 0.6) is 0 Å². The number of hydrogen-bond acceptors (Lipinski definition) is 6. The largest absolute Gasteiger partial charge is 0.463 e. The van der Waals surface area contributed by atoms with Crippen LogP contribution in [0.3, 0.4) is 0 Å². The Hall–Kier alpha value is -2.77. The Morgan fingerprint density at radius 2 is 1.90 bits per heavy atom. The van der Waals surface area contributed by atoms with Gasteiger partial charge < -0.3 is 15.4 Å². The minimum atomic E-state index is -5.33. The van der Waals surface area contributed by atoms with Crippen LogP contribution in [0.1, 0.15) is 40.2 Å². The van der Waals surface area contributed by atoms with Gasteiger partial charge in [0.1, 0.15) is 11.1 Å². The zero-order valence-electron chi connectivity index (χ0n) is 16.8. The highest BCUT2D eigenvalue weighted by atomic mass is 35.5. The number of nitriles is 1. The number of nitrogens with zero attached hydrogens (tertiary/aromatic N) is 1. The van der Waals surface area contributed by atoms with E-state index in [4.69, 9.17) is 11.6 Å². The molecule has 0 radical (unpaired) electrons. The molecule has 1 aromatic carbocycles. The molecule has 11 heteroatoms. The van der Waals surface area contributed by atoms with Crippen LogP contribution in [0, 0.1) is 18.3 Å². The molecule has 1 amide bonds. The molecule has 2 rings (SSSR count). The highest BCUT2D eigenvalue weighted by molar-refractivity contribution is 7.16. The maximum absolute atomic E-state index is 14.3. The van der Waals surface area contributed by atoms with Crippen molar-refractivity contribution >= 4 is 39.8 Å². The first-order chi connectivity index (χ1) is 14.5. The van der Waals surface area contributed by atoms with Crippen LogP contribution in [0.25, 0.3) is 0 Å². The van der Waals surface area contributed by atoms with Gasteiger partial charge in [0, 0.05) is 4.88 Å². The summed E-state index contributed by atoms with van der Waals surface area (Å²) in [6.45, 7) is 4.37. The maximum atomic E-state index is 14.3. The van der Waals surface area contributed by atoms with Crippen LogP contribution >= 0.6 is 22.9 Å². The zero-order chi connectivity index (χ0) is 23.4. The average molecular weight is 474 g/mol. The quantitative estimate of drug-likeness (QED) is 0.445. The van der Waals surface area contributed by atoms with Crippen LogP contribution in [0.4, 0.5) is 18.2 Å². The summed E-state index contributed by atoms with van der Waals surface area (Å²) in [5.74, 6) is -3.01. The van der Waals surface area contributed by atoms with Crippen LogP contribution in [-0.4, -0.2) is 30.3 Å². The number of aryl methyl sites for hydroxylation is 1. The highest BCUT2D eigenvalue weighted by Gasteiger charge is 2.64. The van der Waals surface area contributed by atoms with Gasteiger partial charge in [-0.1, -0.05) is 30.7 Å². The van der Waals surface area contributed by atoms with Crippen molar-refractivity contribution in [2.24, 2.45) is 0 Å². The van der Waals surface area contributed by atoms with Gasteiger partial charge in [-0.2, -0.15) is 18.4 Å². The van der Waals surface area contributed by atoms with E-state index >= 15 is 0 Å². The number of ether oxygens (including phenoxy) is 1. The second-order valence-electron chi connectivity index (χ2n) is 6.33. The highest BCUT2D eigenvalue weighted by Crippen LogP contribution is 2.39. The van der Waals surface area contributed by atoms with E-state index in [9.17, 15) is 28.0 Å². The van der Waals surface area contributed by atoms with E-state index in [1.807, 2.05) is 6.07 Å².